The number of carbonyl (C=O) groups is 1. The van der Waals surface area contributed by atoms with E-state index in [9.17, 15) is 4.79 Å². The van der Waals surface area contributed by atoms with Crippen molar-refractivity contribution in [3.63, 3.8) is 0 Å². The van der Waals surface area contributed by atoms with Crippen molar-refractivity contribution in [1.29, 1.82) is 0 Å². The summed E-state index contributed by atoms with van der Waals surface area (Å²) in [4.78, 5) is 21.3. The van der Waals surface area contributed by atoms with Crippen LogP contribution in [0.15, 0.2) is 54.6 Å². The number of hydrogen-bond acceptors (Lipinski definition) is 5. The van der Waals surface area contributed by atoms with Gasteiger partial charge in [-0.05, 0) is 43.7 Å². The van der Waals surface area contributed by atoms with E-state index >= 15 is 0 Å². The van der Waals surface area contributed by atoms with Crippen LogP contribution in [0.25, 0.3) is 0 Å². The van der Waals surface area contributed by atoms with Crippen LogP contribution >= 0.6 is 11.6 Å². The fourth-order valence-electron chi connectivity index (χ4n) is 2.71. The van der Waals surface area contributed by atoms with Gasteiger partial charge in [-0.25, -0.2) is 9.97 Å². The van der Waals surface area contributed by atoms with Crippen LogP contribution < -0.4 is 15.4 Å². The first-order valence-electron chi connectivity index (χ1n) is 8.78. The highest BCUT2D eigenvalue weighted by Crippen LogP contribution is 2.28. The summed E-state index contributed by atoms with van der Waals surface area (Å²) in [6, 6.07) is 16.5. The highest BCUT2D eigenvalue weighted by atomic mass is 35.5. The molecule has 0 saturated carbocycles. The number of rotatable bonds is 6. The summed E-state index contributed by atoms with van der Waals surface area (Å²) < 4.78 is 5.15. The summed E-state index contributed by atoms with van der Waals surface area (Å²) in [5.74, 6) is 0.628. The highest BCUT2D eigenvalue weighted by molar-refractivity contribution is 6.32. The number of carbonyl (C=O) groups excluding carboxylic acids is 1. The highest BCUT2D eigenvalue weighted by Gasteiger charge is 2.15. The minimum atomic E-state index is -0.266. The standard InChI is InChI=1S/C21H21ClN4O2/c1-13-11-18(20(27)24-14(2)15-7-5-4-6-8-15)26-21(23-13)25-16-9-10-19(28-3)17(22)12-16/h4-12,14H,1-3H3,(H,24,27)(H,23,25,26). The lowest BCUT2D eigenvalue weighted by molar-refractivity contribution is 0.0934. The van der Waals surface area contributed by atoms with Crippen LogP contribution in [0.1, 0.15) is 34.7 Å². The summed E-state index contributed by atoms with van der Waals surface area (Å²) in [6.45, 7) is 3.74. The summed E-state index contributed by atoms with van der Waals surface area (Å²) in [5, 5.41) is 6.50. The zero-order chi connectivity index (χ0) is 20.1. The minimum Gasteiger partial charge on any atom is -0.495 e. The molecule has 1 heterocycles. The predicted octanol–water partition coefficient (Wildman–Crippen LogP) is 4.68. The van der Waals surface area contributed by atoms with Crippen LogP contribution in [-0.4, -0.2) is 23.0 Å². The van der Waals surface area contributed by atoms with Crippen molar-refractivity contribution in [2.45, 2.75) is 19.9 Å². The largest absolute Gasteiger partial charge is 0.495 e. The van der Waals surface area contributed by atoms with Gasteiger partial charge in [-0.3, -0.25) is 4.79 Å². The predicted molar refractivity (Wildman–Crippen MR) is 110 cm³/mol. The molecule has 0 bridgehead atoms. The van der Waals surface area contributed by atoms with Crippen LogP contribution in [0.4, 0.5) is 11.6 Å². The van der Waals surface area contributed by atoms with Gasteiger partial charge < -0.3 is 15.4 Å². The molecule has 2 N–H and O–H groups in total. The van der Waals surface area contributed by atoms with E-state index in [2.05, 4.69) is 20.6 Å². The SMILES string of the molecule is COc1ccc(Nc2nc(C)cc(C(=O)NC(C)c3ccccc3)n2)cc1Cl. The Labute approximate surface area is 168 Å². The molecule has 0 fully saturated rings. The maximum Gasteiger partial charge on any atom is 0.270 e. The topological polar surface area (TPSA) is 76.1 Å². The van der Waals surface area contributed by atoms with Crippen molar-refractivity contribution < 1.29 is 9.53 Å². The number of nitrogens with one attached hydrogen (secondary N) is 2. The van der Waals surface area contributed by atoms with Crippen molar-refractivity contribution in [2.24, 2.45) is 0 Å². The molecule has 1 atom stereocenters. The molecular weight excluding hydrogens is 376 g/mol. The van der Waals surface area contributed by atoms with E-state index in [4.69, 9.17) is 16.3 Å². The Bertz CT molecular complexity index is 979. The maximum atomic E-state index is 12.7. The fraction of sp³-hybridized carbons (Fsp3) is 0.190. The Hall–Kier alpha value is -3.12. The molecule has 0 aliphatic rings. The average molecular weight is 397 g/mol. The van der Waals surface area contributed by atoms with Crippen molar-refractivity contribution in [3.8, 4) is 5.75 Å². The Kier molecular flexibility index (Phi) is 6.11. The van der Waals surface area contributed by atoms with Crippen molar-refractivity contribution in [2.75, 3.05) is 12.4 Å². The number of methoxy groups -OCH3 is 1. The normalized spacial score (nSPS) is 11.6. The first-order valence-corrected chi connectivity index (χ1v) is 9.16. The number of halogens is 1. The summed E-state index contributed by atoms with van der Waals surface area (Å²) in [6.07, 6.45) is 0. The minimum absolute atomic E-state index is 0.138. The Balaban J connectivity index is 1.77. The van der Waals surface area contributed by atoms with Gasteiger partial charge in [0.1, 0.15) is 11.4 Å². The second kappa shape index (κ2) is 8.71. The van der Waals surface area contributed by atoms with Gasteiger partial charge in [-0.2, -0.15) is 0 Å². The summed E-state index contributed by atoms with van der Waals surface area (Å²) in [5.41, 5.74) is 2.68. The lowest BCUT2D eigenvalue weighted by Crippen LogP contribution is -2.27. The molecule has 28 heavy (non-hydrogen) atoms. The van der Waals surface area contributed by atoms with Gasteiger partial charge >= 0.3 is 0 Å². The second-order valence-electron chi connectivity index (χ2n) is 6.30. The molecule has 3 rings (SSSR count). The number of ether oxygens (including phenoxy) is 1. The van der Waals surface area contributed by atoms with Crippen molar-refractivity contribution in [1.82, 2.24) is 15.3 Å². The molecule has 1 aromatic heterocycles. The van der Waals surface area contributed by atoms with Crippen LogP contribution in [0.5, 0.6) is 5.75 Å². The maximum absolute atomic E-state index is 12.7. The van der Waals surface area contributed by atoms with Gasteiger partial charge in [0.25, 0.3) is 5.91 Å². The molecule has 6 nitrogen and oxygen atoms in total. The molecular formula is C21H21ClN4O2. The van der Waals surface area contributed by atoms with E-state index in [1.807, 2.05) is 44.2 Å². The smallest absolute Gasteiger partial charge is 0.270 e. The average Bonchev–Trinajstić information content (AvgIpc) is 2.68. The number of nitrogens with zero attached hydrogens (tertiary/aromatic N) is 2. The number of aryl methyl sites for hydroxylation is 1. The first-order chi connectivity index (χ1) is 13.5. The molecule has 0 radical (unpaired) electrons. The summed E-state index contributed by atoms with van der Waals surface area (Å²) in [7, 11) is 1.55. The Morgan fingerprint density at radius 1 is 1.11 bits per heavy atom. The zero-order valence-electron chi connectivity index (χ0n) is 15.9. The van der Waals surface area contributed by atoms with Gasteiger partial charge in [-0.1, -0.05) is 41.9 Å². The van der Waals surface area contributed by atoms with E-state index in [0.29, 0.717) is 28.1 Å². The number of anilines is 2. The molecule has 1 unspecified atom stereocenters. The van der Waals surface area contributed by atoms with Crippen LogP contribution in [-0.2, 0) is 0 Å². The van der Waals surface area contributed by atoms with Gasteiger partial charge in [0.05, 0.1) is 18.2 Å². The van der Waals surface area contributed by atoms with E-state index in [0.717, 1.165) is 5.56 Å². The van der Waals surface area contributed by atoms with Crippen LogP contribution in [0.3, 0.4) is 0 Å². The fourth-order valence-corrected chi connectivity index (χ4v) is 2.97. The molecule has 2 aromatic carbocycles. The van der Waals surface area contributed by atoms with E-state index in [1.165, 1.54) is 0 Å². The molecule has 3 aromatic rings. The third-order valence-corrected chi connectivity index (χ3v) is 4.44. The molecule has 144 valence electrons. The van der Waals surface area contributed by atoms with Crippen LogP contribution in [0, 0.1) is 6.92 Å². The van der Waals surface area contributed by atoms with Crippen molar-refractivity contribution >= 4 is 29.1 Å². The van der Waals surface area contributed by atoms with Gasteiger partial charge in [0.2, 0.25) is 5.95 Å². The molecule has 0 aliphatic heterocycles. The molecule has 1 amide bonds. The lowest BCUT2D eigenvalue weighted by atomic mass is 10.1. The number of amides is 1. The second-order valence-corrected chi connectivity index (χ2v) is 6.71. The summed E-state index contributed by atoms with van der Waals surface area (Å²) >= 11 is 6.15. The third-order valence-electron chi connectivity index (χ3n) is 4.14. The Morgan fingerprint density at radius 3 is 2.54 bits per heavy atom. The van der Waals surface area contributed by atoms with Crippen molar-refractivity contribution in [3.05, 3.63) is 76.6 Å². The van der Waals surface area contributed by atoms with E-state index < -0.39 is 0 Å². The number of hydrogen-bond donors (Lipinski definition) is 2. The van der Waals surface area contributed by atoms with Crippen LogP contribution in [0.2, 0.25) is 5.02 Å². The van der Waals surface area contributed by atoms with E-state index in [-0.39, 0.29) is 17.6 Å². The molecule has 0 aliphatic carbocycles. The number of benzene rings is 2. The molecule has 7 heteroatoms. The van der Waals surface area contributed by atoms with Gasteiger partial charge in [0.15, 0.2) is 0 Å². The molecule has 0 saturated heterocycles. The quantitative estimate of drug-likeness (QED) is 0.632. The number of aromatic nitrogens is 2. The zero-order valence-corrected chi connectivity index (χ0v) is 16.6. The van der Waals surface area contributed by atoms with Gasteiger partial charge in [0, 0.05) is 11.4 Å². The molecule has 0 spiro atoms. The lowest BCUT2D eigenvalue weighted by Gasteiger charge is -2.15. The Morgan fingerprint density at radius 2 is 1.86 bits per heavy atom. The monoisotopic (exact) mass is 396 g/mol. The first kappa shape index (κ1) is 19.6. The van der Waals surface area contributed by atoms with E-state index in [1.54, 1.807) is 31.4 Å². The third kappa shape index (κ3) is 4.78. The van der Waals surface area contributed by atoms with Gasteiger partial charge in [-0.15, -0.1) is 0 Å².